The van der Waals surface area contributed by atoms with Crippen molar-refractivity contribution in [2.45, 2.75) is 44.9 Å². The lowest BCUT2D eigenvalue weighted by Crippen LogP contribution is -2.19. The smallest absolute Gasteiger partial charge is 0.229 e. The summed E-state index contributed by atoms with van der Waals surface area (Å²) in [6, 6.07) is 17.9. The summed E-state index contributed by atoms with van der Waals surface area (Å²) in [5.41, 5.74) is 3.76. The van der Waals surface area contributed by atoms with Crippen LogP contribution in [0.15, 0.2) is 65.3 Å². The largest absolute Gasteiger partial charge is 0.309 e. The maximum atomic E-state index is 12.7. The van der Waals surface area contributed by atoms with Gasteiger partial charge in [-0.1, -0.05) is 90.5 Å². The average molecular weight is 464 g/mol. The van der Waals surface area contributed by atoms with Crippen molar-refractivity contribution in [3.8, 4) is 11.3 Å². The van der Waals surface area contributed by atoms with Crippen molar-refractivity contribution in [2.24, 2.45) is 5.92 Å². The Labute approximate surface area is 186 Å². The third kappa shape index (κ3) is 5.54. The Kier molecular flexibility index (Phi) is 6.90. The molecule has 3 aromatic rings. The number of rotatable bonds is 6. The van der Waals surface area contributed by atoms with E-state index in [-0.39, 0.29) is 5.91 Å². The fourth-order valence-corrected chi connectivity index (χ4v) is 4.32. The van der Waals surface area contributed by atoms with Crippen LogP contribution in [0.1, 0.15) is 43.4 Å². The van der Waals surface area contributed by atoms with Crippen molar-refractivity contribution < 1.29 is 4.79 Å². The van der Waals surface area contributed by atoms with Crippen LogP contribution >= 0.6 is 15.9 Å². The highest BCUT2D eigenvalue weighted by Crippen LogP contribution is 2.29. The molecule has 0 bridgehead atoms. The summed E-state index contributed by atoms with van der Waals surface area (Å²) in [7, 11) is 0. The lowest BCUT2D eigenvalue weighted by molar-refractivity contribution is -0.115. The number of anilines is 1. The number of benzene rings is 2. The highest BCUT2D eigenvalue weighted by molar-refractivity contribution is 9.10. The van der Waals surface area contributed by atoms with Gasteiger partial charge >= 0.3 is 0 Å². The second kappa shape index (κ2) is 9.98. The van der Waals surface area contributed by atoms with Gasteiger partial charge in [0.1, 0.15) is 0 Å². The highest BCUT2D eigenvalue weighted by atomic mass is 79.9. The van der Waals surface area contributed by atoms with Crippen molar-refractivity contribution >= 4 is 27.7 Å². The Balaban J connectivity index is 1.55. The predicted molar refractivity (Wildman–Crippen MR) is 124 cm³/mol. The molecule has 0 saturated heterocycles. The molecule has 154 valence electrons. The first kappa shape index (κ1) is 20.7. The molecular formula is C25H26BrN3O. The van der Waals surface area contributed by atoms with E-state index in [9.17, 15) is 4.79 Å². The minimum absolute atomic E-state index is 0.0658. The lowest BCUT2D eigenvalue weighted by Gasteiger charge is -2.22. The third-order valence-electron chi connectivity index (χ3n) is 5.66. The number of hydrogen-bond acceptors (Lipinski definition) is 3. The van der Waals surface area contributed by atoms with E-state index in [1.807, 2.05) is 54.6 Å². The molecule has 2 aromatic carbocycles. The molecule has 0 radical (unpaired) electrons. The predicted octanol–water partition coefficient (Wildman–Crippen LogP) is 6.21. The molecule has 1 saturated carbocycles. The Hall–Kier alpha value is -2.53. The maximum Gasteiger partial charge on any atom is 0.229 e. The molecule has 4 rings (SSSR count). The molecule has 1 N–H and O–H groups in total. The van der Waals surface area contributed by atoms with Gasteiger partial charge in [0.05, 0.1) is 24.0 Å². The van der Waals surface area contributed by atoms with E-state index in [2.05, 4.69) is 26.2 Å². The summed E-state index contributed by atoms with van der Waals surface area (Å²) in [6.45, 7) is 0. The van der Waals surface area contributed by atoms with Crippen molar-refractivity contribution in [1.82, 2.24) is 9.97 Å². The summed E-state index contributed by atoms with van der Waals surface area (Å²) < 4.78 is 1.00. The van der Waals surface area contributed by atoms with Gasteiger partial charge in [-0.3, -0.25) is 4.79 Å². The van der Waals surface area contributed by atoms with Gasteiger partial charge in [0.25, 0.3) is 0 Å². The molecule has 4 nitrogen and oxygen atoms in total. The van der Waals surface area contributed by atoms with Crippen molar-refractivity contribution in [3.05, 3.63) is 76.5 Å². The zero-order chi connectivity index (χ0) is 20.8. The first-order valence-corrected chi connectivity index (χ1v) is 11.4. The fraction of sp³-hybridized carbons (Fsp3) is 0.320. The van der Waals surface area contributed by atoms with E-state index in [0.29, 0.717) is 18.2 Å². The van der Waals surface area contributed by atoms with Crippen LogP contribution in [0.5, 0.6) is 0 Å². The van der Waals surface area contributed by atoms with Gasteiger partial charge in [0.2, 0.25) is 5.91 Å². The van der Waals surface area contributed by atoms with Gasteiger partial charge < -0.3 is 5.32 Å². The van der Waals surface area contributed by atoms with Crippen molar-refractivity contribution in [3.63, 3.8) is 0 Å². The van der Waals surface area contributed by atoms with Crippen LogP contribution in [0.3, 0.4) is 0 Å². The molecule has 5 heteroatoms. The van der Waals surface area contributed by atoms with E-state index in [0.717, 1.165) is 33.4 Å². The number of aromatic nitrogens is 2. The van der Waals surface area contributed by atoms with E-state index in [1.54, 1.807) is 6.20 Å². The Morgan fingerprint density at radius 3 is 2.47 bits per heavy atom. The number of halogens is 1. The maximum absolute atomic E-state index is 12.7. The van der Waals surface area contributed by atoms with Crippen LogP contribution in [-0.2, 0) is 17.6 Å². The van der Waals surface area contributed by atoms with Crippen molar-refractivity contribution in [2.75, 3.05) is 5.32 Å². The summed E-state index contributed by atoms with van der Waals surface area (Å²) in [5.74, 6) is 1.15. The number of amides is 1. The van der Waals surface area contributed by atoms with Crippen LogP contribution in [0.25, 0.3) is 11.3 Å². The highest BCUT2D eigenvalue weighted by Gasteiger charge is 2.19. The first-order valence-electron chi connectivity index (χ1n) is 10.6. The van der Waals surface area contributed by atoms with Gasteiger partial charge in [-0.15, -0.1) is 0 Å². The molecular weight excluding hydrogens is 438 g/mol. The fourth-order valence-electron chi connectivity index (χ4n) is 4.05. The zero-order valence-electron chi connectivity index (χ0n) is 17.0. The van der Waals surface area contributed by atoms with Crippen LogP contribution in [-0.4, -0.2) is 15.9 Å². The van der Waals surface area contributed by atoms with Crippen LogP contribution in [0, 0.1) is 5.92 Å². The Morgan fingerprint density at radius 1 is 1.00 bits per heavy atom. The average Bonchev–Trinajstić information content (AvgIpc) is 2.78. The number of nitrogens with zero attached hydrogens (tertiary/aromatic N) is 2. The summed E-state index contributed by atoms with van der Waals surface area (Å²) >= 11 is 3.43. The number of nitrogens with one attached hydrogen (secondary N) is 1. The van der Waals surface area contributed by atoms with E-state index in [1.165, 1.54) is 32.1 Å². The molecule has 1 amide bonds. The zero-order valence-corrected chi connectivity index (χ0v) is 18.6. The van der Waals surface area contributed by atoms with Gasteiger partial charge in [-0.05, 0) is 30.0 Å². The monoisotopic (exact) mass is 463 g/mol. The minimum atomic E-state index is -0.0658. The molecule has 1 aromatic heterocycles. The number of hydrogen-bond donors (Lipinski definition) is 1. The molecule has 0 aliphatic heterocycles. The third-order valence-corrected chi connectivity index (χ3v) is 6.19. The number of carbonyl (C=O) groups excluding carboxylic acids is 1. The SMILES string of the molecule is O=C(Cc1ccc(Br)cc1)Nc1ncc(-c2ccccc2)nc1CC1CCCCC1. The quantitative estimate of drug-likeness (QED) is 0.472. The van der Waals surface area contributed by atoms with Gasteiger partial charge in [0, 0.05) is 10.0 Å². The molecule has 30 heavy (non-hydrogen) atoms. The molecule has 0 spiro atoms. The summed E-state index contributed by atoms with van der Waals surface area (Å²) in [5, 5.41) is 3.02. The molecule has 1 heterocycles. The van der Waals surface area contributed by atoms with E-state index in [4.69, 9.17) is 4.98 Å². The topological polar surface area (TPSA) is 54.9 Å². The van der Waals surface area contributed by atoms with Crippen molar-refractivity contribution in [1.29, 1.82) is 0 Å². The molecule has 1 fully saturated rings. The molecule has 0 atom stereocenters. The summed E-state index contributed by atoms with van der Waals surface area (Å²) in [4.78, 5) is 22.2. The van der Waals surface area contributed by atoms with Gasteiger partial charge in [0.15, 0.2) is 5.82 Å². The summed E-state index contributed by atoms with van der Waals surface area (Å²) in [6.07, 6.45) is 9.27. The van der Waals surface area contributed by atoms with E-state index < -0.39 is 0 Å². The van der Waals surface area contributed by atoms with Crippen LogP contribution in [0.4, 0.5) is 5.82 Å². The van der Waals surface area contributed by atoms with E-state index >= 15 is 0 Å². The lowest BCUT2D eigenvalue weighted by atomic mass is 9.86. The van der Waals surface area contributed by atoms with Gasteiger partial charge in [-0.25, -0.2) is 9.97 Å². The van der Waals surface area contributed by atoms with Crippen LogP contribution in [0.2, 0.25) is 0 Å². The first-order chi connectivity index (χ1) is 14.7. The molecule has 1 aliphatic rings. The van der Waals surface area contributed by atoms with Crippen LogP contribution < -0.4 is 5.32 Å². The molecule has 0 unspecified atom stereocenters. The molecule has 1 aliphatic carbocycles. The second-order valence-electron chi connectivity index (χ2n) is 7.98. The second-order valence-corrected chi connectivity index (χ2v) is 8.89. The normalized spacial score (nSPS) is 14.4. The van der Waals surface area contributed by atoms with Gasteiger partial charge in [-0.2, -0.15) is 0 Å². The number of carbonyl (C=O) groups is 1. The Bertz CT molecular complexity index is 983. The minimum Gasteiger partial charge on any atom is -0.309 e. The Morgan fingerprint density at radius 2 is 1.73 bits per heavy atom. The standard InChI is InChI=1S/C25H26BrN3O/c26-21-13-11-19(12-14-21)16-24(30)29-25-22(15-18-7-3-1-4-8-18)28-23(17-27-25)20-9-5-2-6-10-20/h2,5-6,9-14,17-18H,1,3-4,7-8,15-16H2,(H,27,29,30).